The van der Waals surface area contributed by atoms with E-state index in [1.54, 1.807) is 6.92 Å². The SMILES string of the molecule is CCOc1nc(OCc2cccc(-c3ccccc3)c2C)ncc1COC(=O)[C@@H](N)CC(N)=O. The second kappa shape index (κ2) is 11.8. The molecule has 9 nitrogen and oxygen atoms in total. The van der Waals surface area contributed by atoms with Gasteiger partial charge in [0.25, 0.3) is 0 Å². The number of carbonyl (C=O) groups is 2. The Bertz CT molecular complexity index is 1140. The summed E-state index contributed by atoms with van der Waals surface area (Å²) >= 11 is 0. The molecule has 1 atom stereocenters. The minimum Gasteiger partial charge on any atom is -0.478 e. The van der Waals surface area contributed by atoms with Crippen LogP contribution in [0.25, 0.3) is 11.1 Å². The first-order valence-electron chi connectivity index (χ1n) is 10.8. The zero-order chi connectivity index (χ0) is 24.5. The number of nitrogens with two attached hydrogens (primary N) is 2. The third-order valence-corrected chi connectivity index (χ3v) is 5.07. The number of benzene rings is 2. The predicted octanol–water partition coefficient (Wildman–Crippen LogP) is 2.68. The summed E-state index contributed by atoms with van der Waals surface area (Å²) in [7, 11) is 0. The van der Waals surface area contributed by atoms with Crippen LogP contribution in [0.1, 0.15) is 30.0 Å². The van der Waals surface area contributed by atoms with Crippen LogP contribution in [-0.4, -0.2) is 34.5 Å². The maximum atomic E-state index is 11.9. The molecule has 0 radical (unpaired) electrons. The van der Waals surface area contributed by atoms with Crippen molar-refractivity contribution >= 4 is 11.9 Å². The van der Waals surface area contributed by atoms with Gasteiger partial charge in [0.2, 0.25) is 11.8 Å². The van der Waals surface area contributed by atoms with E-state index >= 15 is 0 Å². The molecule has 0 aliphatic rings. The van der Waals surface area contributed by atoms with Crippen LogP contribution in [0.2, 0.25) is 0 Å². The van der Waals surface area contributed by atoms with Gasteiger partial charge in [-0.2, -0.15) is 4.98 Å². The number of ether oxygens (including phenoxy) is 3. The highest BCUT2D eigenvalue weighted by molar-refractivity contribution is 5.84. The van der Waals surface area contributed by atoms with Gasteiger partial charge in [-0.05, 0) is 36.1 Å². The number of rotatable bonds is 11. The Morgan fingerprint density at radius 2 is 1.76 bits per heavy atom. The molecule has 3 aromatic rings. The van der Waals surface area contributed by atoms with Crippen LogP contribution in [-0.2, 0) is 27.5 Å². The maximum Gasteiger partial charge on any atom is 0.323 e. The molecule has 2 aromatic carbocycles. The average Bonchev–Trinajstić information content (AvgIpc) is 2.83. The van der Waals surface area contributed by atoms with Crippen molar-refractivity contribution in [2.75, 3.05) is 6.61 Å². The Morgan fingerprint density at radius 3 is 2.47 bits per heavy atom. The number of hydrogen-bond donors (Lipinski definition) is 2. The van der Waals surface area contributed by atoms with E-state index in [0.717, 1.165) is 22.3 Å². The lowest BCUT2D eigenvalue weighted by atomic mass is 9.97. The van der Waals surface area contributed by atoms with E-state index in [0.29, 0.717) is 12.2 Å². The number of aromatic nitrogens is 2. The summed E-state index contributed by atoms with van der Waals surface area (Å²) in [5, 5.41) is 0. The molecular formula is C25H28N4O5. The molecule has 9 heteroatoms. The molecule has 3 rings (SSSR count). The molecule has 0 saturated heterocycles. The summed E-state index contributed by atoms with van der Waals surface area (Å²) in [6.07, 6.45) is 1.17. The van der Waals surface area contributed by atoms with Gasteiger partial charge in [-0.3, -0.25) is 9.59 Å². The highest BCUT2D eigenvalue weighted by Crippen LogP contribution is 2.26. The van der Waals surface area contributed by atoms with Crippen molar-refractivity contribution in [3.8, 4) is 23.0 Å². The zero-order valence-corrected chi connectivity index (χ0v) is 19.2. The Kier molecular flexibility index (Phi) is 8.53. The second-order valence-electron chi connectivity index (χ2n) is 7.55. The van der Waals surface area contributed by atoms with Gasteiger partial charge in [0.05, 0.1) is 18.6 Å². The van der Waals surface area contributed by atoms with Crippen molar-refractivity contribution < 1.29 is 23.8 Å². The maximum absolute atomic E-state index is 11.9. The Balaban J connectivity index is 1.69. The smallest absolute Gasteiger partial charge is 0.323 e. The van der Waals surface area contributed by atoms with E-state index in [1.807, 2.05) is 37.3 Å². The summed E-state index contributed by atoms with van der Waals surface area (Å²) in [6.45, 7) is 4.30. The van der Waals surface area contributed by atoms with Gasteiger partial charge in [-0.1, -0.05) is 48.5 Å². The van der Waals surface area contributed by atoms with Crippen LogP contribution in [0.3, 0.4) is 0 Å². The monoisotopic (exact) mass is 464 g/mol. The summed E-state index contributed by atoms with van der Waals surface area (Å²) in [5.41, 5.74) is 15.5. The molecule has 0 aliphatic heterocycles. The third kappa shape index (κ3) is 6.52. The Morgan fingerprint density at radius 1 is 1.00 bits per heavy atom. The molecule has 0 spiro atoms. The van der Waals surface area contributed by atoms with Crippen molar-refractivity contribution in [1.29, 1.82) is 0 Å². The molecule has 0 fully saturated rings. The van der Waals surface area contributed by atoms with Gasteiger partial charge >= 0.3 is 12.0 Å². The van der Waals surface area contributed by atoms with Crippen LogP contribution in [0.15, 0.2) is 54.7 Å². The summed E-state index contributed by atoms with van der Waals surface area (Å²) in [4.78, 5) is 31.4. The summed E-state index contributed by atoms with van der Waals surface area (Å²) < 4.78 is 16.5. The normalized spacial score (nSPS) is 11.5. The fourth-order valence-corrected chi connectivity index (χ4v) is 3.27. The average molecular weight is 465 g/mol. The van der Waals surface area contributed by atoms with Gasteiger partial charge in [0, 0.05) is 6.20 Å². The molecule has 4 N–H and O–H groups in total. The van der Waals surface area contributed by atoms with E-state index in [9.17, 15) is 9.59 Å². The van der Waals surface area contributed by atoms with Crippen LogP contribution >= 0.6 is 0 Å². The van der Waals surface area contributed by atoms with Crippen LogP contribution in [0, 0.1) is 6.92 Å². The molecule has 1 heterocycles. The summed E-state index contributed by atoms with van der Waals surface area (Å²) in [6, 6.07) is 15.2. The number of nitrogens with zero attached hydrogens (tertiary/aromatic N) is 2. The molecule has 0 bridgehead atoms. The fourth-order valence-electron chi connectivity index (χ4n) is 3.27. The molecule has 34 heavy (non-hydrogen) atoms. The number of esters is 1. The number of primary amides is 1. The van der Waals surface area contributed by atoms with Gasteiger partial charge in [0.1, 0.15) is 19.3 Å². The standard InChI is InChI=1S/C25H28N4O5/c1-3-32-23-19(15-33-24(31)21(26)12-22(27)30)13-28-25(29-23)34-14-18-10-7-11-20(16(18)2)17-8-5-4-6-9-17/h4-11,13,21H,3,12,14-15,26H2,1-2H3,(H2,27,30)/t21-/m0/s1. The van der Waals surface area contributed by atoms with E-state index < -0.39 is 17.9 Å². The molecule has 0 saturated carbocycles. The Hall–Kier alpha value is -3.98. The van der Waals surface area contributed by atoms with Gasteiger partial charge in [-0.15, -0.1) is 0 Å². The van der Waals surface area contributed by atoms with Crippen LogP contribution in [0.4, 0.5) is 0 Å². The van der Waals surface area contributed by atoms with Crippen molar-refractivity contribution in [1.82, 2.24) is 9.97 Å². The molecule has 0 aliphatic carbocycles. The first-order valence-corrected chi connectivity index (χ1v) is 10.8. The topological polar surface area (TPSA) is 140 Å². The highest BCUT2D eigenvalue weighted by atomic mass is 16.5. The lowest BCUT2D eigenvalue weighted by Crippen LogP contribution is -2.36. The first kappa shape index (κ1) is 24.7. The molecule has 0 unspecified atom stereocenters. The lowest BCUT2D eigenvalue weighted by Gasteiger charge is -2.14. The van der Waals surface area contributed by atoms with Crippen molar-refractivity contribution in [3.05, 3.63) is 71.4 Å². The van der Waals surface area contributed by atoms with Gasteiger partial charge in [-0.25, -0.2) is 4.98 Å². The molecule has 1 aromatic heterocycles. The van der Waals surface area contributed by atoms with Gasteiger partial charge in [0.15, 0.2) is 0 Å². The molecule has 178 valence electrons. The fraction of sp³-hybridized carbons (Fsp3) is 0.280. The first-order chi connectivity index (χ1) is 16.4. The number of amides is 1. The summed E-state index contributed by atoms with van der Waals surface area (Å²) in [5.74, 6) is -1.21. The number of hydrogen-bond acceptors (Lipinski definition) is 8. The minimum atomic E-state index is -1.13. The molecular weight excluding hydrogens is 436 g/mol. The largest absolute Gasteiger partial charge is 0.478 e. The van der Waals surface area contributed by atoms with E-state index in [1.165, 1.54) is 6.20 Å². The quantitative estimate of drug-likeness (QED) is 0.413. The zero-order valence-electron chi connectivity index (χ0n) is 19.2. The lowest BCUT2D eigenvalue weighted by molar-refractivity contribution is -0.147. The van der Waals surface area contributed by atoms with Crippen molar-refractivity contribution in [3.63, 3.8) is 0 Å². The predicted molar refractivity (Wildman–Crippen MR) is 126 cm³/mol. The van der Waals surface area contributed by atoms with Gasteiger partial charge < -0.3 is 25.7 Å². The van der Waals surface area contributed by atoms with Crippen LogP contribution in [0.5, 0.6) is 11.9 Å². The minimum absolute atomic E-state index is 0.133. The van der Waals surface area contributed by atoms with E-state index in [-0.39, 0.29) is 31.5 Å². The van der Waals surface area contributed by atoms with Crippen molar-refractivity contribution in [2.45, 2.75) is 39.5 Å². The third-order valence-electron chi connectivity index (χ3n) is 5.07. The van der Waals surface area contributed by atoms with E-state index in [2.05, 4.69) is 28.2 Å². The van der Waals surface area contributed by atoms with Crippen molar-refractivity contribution in [2.24, 2.45) is 11.5 Å². The Labute approximate surface area is 198 Å². The second-order valence-corrected chi connectivity index (χ2v) is 7.55. The highest BCUT2D eigenvalue weighted by Gasteiger charge is 2.19. The van der Waals surface area contributed by atoms with Crippen LogP contribution < -0.4 is 20.9 Å². The molecule has 1 amide bonds. The van der Waals surface area contributed by atoms with E-state index in [4.69, 9.17) is 25.7 Å². The number of carbonyl (C=O) groups excluding carboxylic acids is 2.